The maximum Gasteiger partial charge on any atom is 0.163 e. The largest absolute Gasteiger partial charge is 0.469 e. The van der Waals surface area contributed by atoms with Gasteiger partial charge in [-0.25, -0.2) is 9.97 Å². The molecule has 3 aromatic heterocycles. The van der Waals surface area contributed by atoms with E-state index in [0.29, 0.717) is 5.82 Å². The fraction of sp³-hybridized carbons (Fsp3) is 0.105. The highest BCUT2D eigenvalue weighted by Gasteiger charge is 2.11. The Hall–Kier alpha value is -3.21. The number of rotatable bonds is 3. The number of aromatic nitrogens is 3. The standard InChI is InChI=1S/C19H16N4O/c1-12-15(7-9-24-12)13-5-6-17-16(10-13)19(20-2)23-18(22-17)14-4-3-8-21-11-14/h3-11H,1-2H3,(H,20,22,23). The third kappa shape index (κ3) is 2.40. The van der Waals surface area contributed by atoms with Crippen LogP contribution in [0.3, 0.4) is 0 Å². The van der Waals surface area contributed by atoms with Crippen molar-refractivity contribution in [3.63, 3.8) is 0 Å². The van der Waals surface area contributed by atoms with Crippen LogP contribution in [-0.4, -0.2) is 22.0 Å². The van der Waals surface area contributed by atoms with Gasteiger partial charge >= 0.3 is 0 Å². The molecule has 0 saturated carbocycles. The lowest BCUT2D eigenvalue weighted by atomic mass is 10.0. The number of anilines is 1. The fourth-order valence-electron chi connectivity index (χ4n) is 2.80. The summed E-state index contributed by atoms with van der Waals surface area (Å²) in [7, 11) is 1.87. The predicted molar refractivity (Wildman–Crippen MR) is 94.8 cm³/mol. The number of nitrogens with one attached hydrogen (secondary N) is 1. The molecule has 3 heterocycles. The summed E-state index contributed by atoms with van der Waals surface area (Å²) < 4.78 is 5.41. The van der Waals surface area contributed by atoms with E-state index < -0.39 is 0 Å². The van der Waals surface area contributed by atoms with Crippen LogP contribution in [0.15, 0.2) is 59.5 Å². The van der Waals surface area contributed by atoms with Gasteiger partial charge < -0.3 is 9.73 Å². The average molecular weight is 316 g/mol. The van der Waals surface area contributed by atoms with Gasteiger partial charge in [0.2, 0.25) is 0 Å². The Morgan fingerprint density at radius 1 is 1.04 bits per heavy atom. The summed E-state index contributed by atoms with van der Waals surface area (Å²) in [6.07, 6.45) is 5.21. The molecule has 5 nitrogen and oxygen atoms in total. The maximum atomic E-state index is 5.41. The SMILES string of the molecule is CNc1nc(-c2cccnc2)nc2ccc(-c3ccoc3C)cc12. The van der Waals surface area contributed by atoms with Crippen LogP contribution < -0.4 is 5.32 Å². The minimum absolute atomic E-state index is 0.659. The molecular weight excluding hydrogens is 300 g/mol. The number of hydrogen-bond acceptors (Lipinski definition) is 5. The Morgan fingerprint density at radius 2 is 1.96 bits per heavy atom. The molecule has 0 unspecified atom stereocenters. The van der Waals surface area contributed by atoms with Crippen LogP contribution in [0.2, 0.25) is 0 Å². The minimum atomic E-state index is 0.659. The molecule has 0 saturated heterocycles. The van der Waals surface area contributed by atoms with Gasteiger partial charge in [0.1, 0.15) is 11.6 Å². The Labute approximate surface area is 139 Å². The van der Waals surface area contributed by atoms with Crippen molar-refractivity contribution in [3.05, 3.63) is 60.8 Å². The van der Waals surface area contributed by atoms with Gasteiger partial charge in [0.25, 0.3) is 0 Å². The van der Waals surface area contributed by atoms with Crippen molar-refractivity contribution in [3.8, 4) is 22.5 Å². The Balaban J connectivity index is 1.91. The van der Waals surface area contributed by atoms with Crippen molar-refractivity contribution in [1.29, 1.82) is 0 Å². The van der Waals surface area contributed by atoms with Crippen LogP contribution in [0.25, 0.3) is 33.4 Å². The van der Waals surface area contributed by atoms with Crippen LogP contribution in [0.1, 0.15) is 5.76 Å². The number of benzene rings is 1. The van der Waals surface area contributed by atoms with Crippen molar-refractivity contribution in [2.24, 2.45) is 0 Å². The lowest BCUT2D eigenvalue weighted by Crippen LogP contribution is -1.99. The third-order valence-electron chi connectivity index (χ3n) is 4.02. The molecule has 0 aliphatic carbocycles. The van der Waals surface area contributed by atoms with Crippen molar-refractivity contribution in [1.82, 2.24) is 15.0 Å². The number of furan rings is 1. The molecule has 0 radical (unpaired) electrons. The quantitative estimate of drug-likeness (QED) is 0.610. The van der Waals surface area contributed by atoms with Crippen molar-refractivity contribution < 1.29 is 4.42 Å². The van der Waals surface area contributed by atoms with Gasteiger partial charge in [-0.2, -0.15) is 0 Å². The van der Waals surface area contributed by atoms with Gasteiger partial charge in [0, 0.05) is 36.0 Å². The predicted octanol–water partition coefficient (Wildman–Crippen LogP) is 4.30. The first-order valence-corrected chi connectivity index (χ1v) is 7.70. The second-order valence-corrected chi connectivity index (χ2v) is 5.51. The second-order valence-electron chi connectivity index (χ2n) is 5.51. The van der Waals surface area contributed by atoms with Gasteiger partial charge in [0.05, 0.1) is 11.8 Å². The number of aryl methyl sites for hydroxylation is 1. The van der Waals surface area contributed by atoms with E-state index >= 15 is 0 Å². The molecular formula is C19H16N4O. The van der Waals surface area contributed by atoms with Crippen molar-refractivity contribution in [2.75, 3.05) is 12.4 Å². The summed E-state index contributed by atoms with van der Waals surface area (Å²) in [4.78, 5) is 13.5. The number of hydrogen-bond donors (Lipinski definition) is 1. The summed E-state index contributed by atoms with van der Waals surface area (Å²) in [5.41, 5.74) is 3.95. The molecule has 0 aliphatic heterocycles. The molecule has 1 aromatic carbocycles. The summed E-state index contributed by atoms with van der Waals surface area (Å²) in [6.45, 7) is 1.96. The van der Waals surface area contributed by atoms with E-state index in [2.05, 4.69) is 32.4 Å². The highest BCUT2D eigenvalue weighted by Crippen LogP contribution is 2.31. The van der Waals surface area contributed by atoms with Crippen molar-refractivity contribution >= 4 is 16.7 Å². The monoisotopic (exact) mass is 316 g/mol. The summed E-state index contributed by atoms with van der Waals surface area (Å²) in [6, 6.07) is 12.0. The Bertz CT molecular complexity index is 1010. The van der Waals surface area contributed by atoms with E-state index in [0.717, 1.165) is 39.2 Å². The number of nitrogens with zero attached hydrogens (tertiary/aromatic N) is 3. The first-order chi connectivity index (χ1) is 11.8. The van der Waals surface area contributed by atoms with Crippen LogP contribution in [0.4, 0.5) is 5.82 Å². The molecule has 24 heavy (non-hydrogen) atoms. The van der Waals surface area contributed by atoms with Gasteiger partial charge in [-0.05, 0) is 42.8 Å². The summed E-state index contributed by atoms with van der Waals surface area (Å²) >= 11 is 0. The topological polar surface area (TPSA) is 63.8 Å². The lowest BCUT2D eigenvalue weighted by molar-refractivity contribution is 0.535. The van der Waals surface area contributed by atoms with Crippen LogP contribution in [-0.2, 0) is 0 Å². The van der Waals surface area contributed by atoms with E-state index in [1.54, 1.807) is 18.7 Å². The molecule has 1 N–H and O–H groups in total. The molecule has 118 valence electrons. The molecule has 0 amide bonds. The normalized spacial score (nSPS) is 10.9. The summed E-state index contributed by atoms with van der Waals surface area (Å²) in [5.74, 6) is 2.35. The zero-order chi connectivity index (χ0) is 16.5. The molecule has 0 atom stereocenters. The highest BCUT2D eigenvalue weighted by atomic mass is 16.3. The number of pyridine rings is 1. The van der Waals surface area contributed by atoms with E-state index in [1.165, 1.54) is 0 Å². The Morgan fingerprint density at radius 3 is 2.67 bits per heavy atom. The molecule has 0 fully saturated rings. The van der Waals surface area contributed by atoms with Gasteiger partial charge in [-0.1, -0.05) is 6.07 Å². The first kappa shape index (κ1) is 14.4. The lowest BCUT2D eigenvalue weighted by Gasteiger charge is -2.09. The van der Waals surface area contributed by atoms with Gasteiger partial charge in [-0.3, -0.25) is 4.98 Å². The van der Waals surface area contributed by atoms with E-state index in [1.807, 2.05) is 38.2 Å². The van der Waals surface area contributed by atoms with Gasteiger partial charge in [0.15, 0.2) is 5.82 Å². The third-order valence-corrected chi connectivity index (χ3v) is 4.02. The van der Waals surface area contributed by atoms with Crippen molar-refractivity contribution in [2.45, 2.75) is 6.92 Å². The second kappa shape index (κ2) is 5.77. The first-order valence-electron chi connectivity index (χ1n) is 7.70. The average Bonchev–Trinajstić information content (AvgIpc) is 3.07. The fourth-order valence-corrected chi connectivity index (χ4v) is 2.80. The van der Waals surface area contributed by atoms with Crippen LogP contribution in [0.5, 0.6) is 0 Å². The van der Waals surface area contributed by atoms with Gasteiger partial charge in [-0.15, -0.1) is 0 Å². The molecule has 0 bridgehead atoms. The zero-order valence-corrected chi connectivity index (χ0v) is 13.4. The van der Waals surface area contributed by atoms with Crippen LogP contribution >= 0.6 is 0 Å². The molecule has 4 rings (SSSR count). The molecule has 0 spiro atoms. The Kier molecular flexibility index (Phi) is 3.46. The zero-order valence-electron chi connectivity index (χ0n) is 13.4. The molecule has 0 aliphatic rings. The van der Waals surface area contributed by atoms with E-state index in [4.69, 9.17) is 4.42 Å². The highest BCUT2D eigenvalue weighted by molar-refractivity contribution is 5.94. The van der Waals surface area contributed by atoms with Crippen LogP contribution in [0, 0.1) is 6.92 Å². The summed E-state index contributed by atoms with van der Waals surface area (Å²) in [5, 5.41) is 4.15. The van der Waals surface area contributed by atoms with E-state index in [9.17, 15) is 0 Å². The minimum Gasteiger partial charge on any atom is -0.469 e. The maximum absolute atomic E-state index is 5.41. The molecule has 4 aromatic rings. The smallest absolute Gasteiger partial charge is 0.163 e. The number of fused-ring (bicyclic) bond motifs is 1. The molecule has 5 heteroatoms. The van der Waals surface area contributed by atoms with E-state index in [-0.39, 0.29) is 0 Å².